The van der Waals surface area contributed by atoms with E-state index in [4.69, 9.17) is 11.6 Å². The summed E-state index contributed by atoms with van der Waals surface area (Å²) in [6, 6.07) is 10.7. The van der Waals surface area contributed by atoms with Crippen LogP contribution in [-0.2, 0) is 0 Å². The number of anilines is 1. The molecule has 2 heterocycles. The van der Waals surface area contributed by atoms with Gasteiger partial charge in [0.25, 0.3) is 11.6 Å². The van der Waals surface area contributed by atoms with Crippen molar-refractivity contribution in [1.29, 1.82) is 0 Å². The second-order valence-corrected chi connectivity index (χ2v) is 6.01. The number of nitro groups is 1. The minimum absolute atomic E-state index is 0.00299. The van der Waals surface area contributed by atoms with Crippen LogP contribution in [0, 0.1) is 24.0 Å². The van der Waals surface area contributed by atoms with E-state index in [-0.39, 0.29) is 22.1 Å². The molecule has 1 N–H and O–H groups in total. The highest BCUT2D eigenvalue weighted by Gasteiger charge is 2.16. The van der Waals surface area contributed by atoms with Crippen LogP contribution in [-0.4, -0.2) is 25.6 Å². The first-order chi connectivity index (χ1) is 12.3. The normalized spacial score (nSPS) is 10.6. The molecule has 0 fully saturated rings. The molecule has 0 aliphatic rings. The number of carbonyl (C=O) groups is 1. The average Bonchev–Trinajstić information content (AvgIpc) is 2.93. The number of hydrogen-bond donors (Lipinski definition) is 1. The van der Waals surface area contributed by atoms with Crippen LogP contribution in [0.5, 0.6) is 0 Å². The topological polar surface area (TPSA) is 103 Å². The number of nitro benzene ring substituents is 1. The van der Waals surface area contributed by atoms with Gasteiger partial charge in [-0.3, -0.25) is 14.9 Å². The van der Waals surface area contributed by atoms with Crippen molar-refractivity contribution in [2.45, 2.75) is 13.8 Å². The number of pyridine rings is 1. The molecule has 0 radical (unpaired) electrons. The summed E-state index contributed by atoms with van der Waals surface area (Å²) in [6.07, 6.45) is 0. The van der Waals surface area contributed by atoms with Crippen molar-refractivity contribution >= 4 is 28.9 Å². The third-order valence-electron chi connectivity index (χ3n) is 3.59. The molecule has 0 saturated carbocycles. The SMILES string of the molecule is Cc1cc(C)n(-c2ccc(Cl)c(C(=O)Nc3cccc([N+](=O)[O-])c3)n2)n1. The fraction of sp³-hybridized carbons (Fsp3) is 0.118. The summed E-state index contributed by atoms with van der Waals surface area (Å²) in [5.41, 5.74) is 1.84. The number of aromatic nitrogens is 3. The van der Waals surface area contributed by atoms with Crippen molar-refractivity contribution in [2.75, 3.05) is 5.32 Å². The van der Waals surface area contributed by atoms with Gasteiger partial charge in [-0.15, -0.1) is 0 Å². The highest BCUT2D eigenvalue weighted by Crippen LogP contribution is 2.21. The molecule has 0 aliphatic carbocycles. The summed E-state index contributed by atoms with van der Waals surface area (Å²) in [5, 5.41) is 17.9. The predicted molar refractivity (Wildman–Crippen MR) is 96.9 cm³/mol. The number of benzene rings is 1. The van der Waals surface area contributed by atoms with Crippen LogP contribution in [0.4, 0.5) is 11.4 Å². The van der Waals surface area contributed by atoms with E-state index in [1.54, 1.807) is 22.9 Å². The molecule has 132 valence electrons. The Bertz CT molecular complexity index is 1020. The zero-order valence-corrected chi connectivity index (χ0v) is 14.7. The third kappa shape index (κ3) is 3.55. The number of nitrogens with zero attached hydrogens (tertiary/aromatic N) is 4. The maximum Gasteiger partial charge on any atom is 0.275 e. The smallest absolute Gasteiger partial charge is 0.275 e. The van der Waals surface area contributed by atoms with E-state index in [0.29, 0.717) is 5.82 Å². The van der Waals surface area contributed by atoms with E-state index in [1.165, 1.54) is 18.2 Å². The Hall–Kier alpha value is -3.26. The van der Waals surface area contributed by atoms with Crippen molar-refractivity contribution in [1.82, 2.24) is 14.8 Å². The fourth-order valence-corrected chi connectivity index (χ4v) is 2.65. The quantitative estimate of drug-likeness (QED) is 0.556. The summed E-state index contributed by atoms with van der Waals surface area (Å²) in [6.45, 7) is 3.73. The van der Waals surface area contributed by atoms with Crippen LogP contribution < -0.4 is 5.32 Å². The summed E-state index contributed by atoms with van der Waals surface area (Å²) < 4.78 is 1.61. The van der Waals surface area contributed by atoms with E-state index in [9.17, 15) is 14.9 Å². The van der Waals surface area contributed by atoms with Gasteiger partial charge in [-0.25, -0.2) is 9.67 Å². The Morgan fingerprint density at radius 2 is 2.00 bits per heavy atom. The minimum atomic E-state index is -0.570. The lowest BCUT2D eigenvalue weighted by atomic mass is 10.2. The second kappa shape index (κ2) is 6.93. The highest BCUT2D eigenvalue weighted by atomic mass is 35.5. The monoisotopic (exact) mass is 371 g/mol. The van der Waals surface area contributed by atoms with E-state index in [0.717, 1.165) is 11.4 Å². The summed E-state index contributed by atoms with van der Waals surface area (Å²) >= 11 is 6.11. The first-order valence-electron chi connectivity index (χ1n) is 7.61. The van der Waals surface area contributed by atoms with Crippen LogP contribution in [0.3, 0.4) is 0 Å². The molecular weight excluding hydrogens is 358 g/mol. The van der Waals surface area contributed by atoms with Crippen molar-refractivity contribution < 1.29 is 9.72 Å². The van der Waals surface area contributed by atoms with Crippen molar-refractivity contribution in [3.8, 4) is 5.82 Å². The Balaban J connectivity index is 1.92. The summed E-state index contributed by atoms with van der Waals surface area (Å²) in [4.78, 5) is 27.1. The van der Waals surface area contributed by atoms with Crippen LogP contribution in [0.15, 0.2) is 42.5 Å². The lowest BCUT2D eigenvalue weighted by Crippen LogP contribution is -2.16. The molecule has 3 rings (SSSR count). The fourth-order valence-electron chi connectivity index (χ4n) is 2.46. The molecule has 0 spiro atoms. The zero-order valence-electron chi connectivity index (χ0n) is 13.9. The van der Waals surface area contributed by atoms with E-state index < -0.39 is 10.8 Å². The maximum atomic E-state index is 12.5. The van der Waals surface area contributed by atoms with Gasteiger partial charge in [0.2, 0.25) is 0 Å². The standard InChI is InChI=1S/C17H14ClN5O3/c1-10-8-11(2)22(21-10)15-7-6-14(18)16(20-15)17(24)19-12-4-3-5-13(9-12)23(25)26/h3-9H,1-2H3,(H,19,24). The summed E-state index contributed by atoms with van der Waals surface area (Å²) in [7, 11) is 0. The molecule has 8 nitrogen and oxygen atoms in total. The lowest BCUT2D eigenvalue weighted by Gasteiger charge is -2.09. The number of aryl methyl sites for hydroxylation is 2. The lowest BCUT2D eigenvalue weighted by molar-refractivity contribution is -0.384. The Labute approximate surface area is 153 Å². The van der Waals surface area contributed by atoms with Gasteiger partial charge in [0.15, 0.2) is 5.82 Å². The molecule has 9 heteroatoms. The number of amides is 1. The zero-order chi connectivity index (χ0) is 18.8. The number of hydrogen-bond acceptors (Lipinski definition) is 5. The molecule has 1 aromatic carbocycles. The number of rotatable bonds is 4. The largest absolute Gasteiger partial charge is 0.320 e. The van der Waals surface area contributed by atoms with Crippen molar-refractivity contribution in [2.24, 2.45) is 0 Å². The molecule has 0 aliphatic heterocycles. The number of halogens is 1. The molecule has 0 unspecified atom stereocenters. The number of carbonyl (C=O) groups excluding carboxylic acids is 1. The Kier molecular flexibility index (Phi) is 4.68. The van der Waals surface area contributed by atoms with Crippen LogP contribution >= 0.6 is 11.6 Å². The van der Waals surface area contributed by atoms with Gasteiger partial charge in [-0.2, -0.15) is 5.10 Å². The maximum absolute atomic E-state index is 12.5. The molecule has 26 heavy (non-hydrogen) atoms. The van der Waals surface area contributed by atoms with Crippen molar-refractivity contribution in [3.63, 3.8) is 0 Å². The van der Waals surface area contributed by atoms with Gasteiger partial charge in [0.1, 0.15) is 5.69 Å². The third-order valence-corrected chi connectivity index (χ3v) is 3.89. The van der Waals surface area contributed by atoms with Crippen LogP contribution in [0.1, 0.15) is 21.9 Å². The minimum Gasteiger partial charge on any atom is -0.320 e. The molecule has 3 aromatic rings. The molecule has 0 bridgehead atoms. The van der Waals surface area contributed by atoms with Gasteiger partial charge in [0, 0.05) is 23.5 Å². The molecule has 0 saturated heterocycles. The second-order valence-electron chi connectivity index (χ2n) is 5.60. The average molecular weight is 372 g/mol. The molecule has 1 amide bonds. The first kappa shape index (κ1) is 17.6. The predicted octanol–water partition coefficient (Wildman–Crippen LogP) is 3.70. The van der Waals surface area contributed by atoms with Gasteiger partial charge in [0.05, 0.1) is 15.6 Å². The Morgan fingerprint density at radius 1 is 1.23 bits per heavy atom. The van der Waals surface area contributed by atoms with Crippen LogP contribution in [0.2, 0.25) is 5.02 Å². The Morgan fingerprint density at radius 3 is 2.65 bits per heavy atom. The van der Waals surface area contributed by atoms with E-state index in [2.05, 4.69) is 15.4 Å². The molecule has 2 aromatic heterocycles. The number of nitrogens with one attached hydrogen (secondary N) is 1. The first-order valence-corrected chi connectivity index (χ1v) is 7.99. The summed E-state index contributed by atoms with van der Waals surface area (Å²) in [5.74, 6) is -0.122. The van der Waals surface area contributed by atoms with Gasteiger partial charge in [-0.1, -0.05) is 17.7 Å². The molecular formula is C17H14ClN5O3. The van der Waals surface area contributed by atoms with E-state index >= 15 is 0 Å². The van der Waals surface area contributed by atoms with Gasteiger partial charge in [-0.05, 0) is 38.1 Å². The van der Waals surface area contributed by atoms with Gasteiger partial charge < -0.3 is 5.32 Å². The van der Waals surface area contributed by atoms with Crippen molar-refractivity contribution in [3.05, 3.63) is 74.7 Å². The molecule has 0 atom stereocenters. The van der Waals surface area contributed by atoms with E-state index in [1.807, 2.05) is 19.9 Å². The number of non-ortho nitro benzene ring substituents is 1. The highest BCUT2D eigenvalue weighted by molar-refractivity contribution is 6.34. The van der Waals surface area contributed by atoms with Crippen LogP contribution in [0.25, 0.3) is 5.82 Å². The van der Waals surface area contributed by atoms with Gasteiger partial charge >= 0.3 is 0 Å².